The molecule has 0 radical (unpaired) electrons. The summed E-state index contributed by atoms with van der Waals surface area (Å²) in [6, 6.07) is 3.13. The molecule has 0 aliphatic heterocycles. The number of methoxy groups -OCH3 is 2. The van der Waals surface area contributed by atoms with Crippen molar-refractivity contribution in [1.82, 2.24) is 4.90 Å². The highest BCUT2D eigenvalue weighted by Gasteiger charge is 2.30. The third-order valence-corrected chi connectivity index (χ3v) is 4.20. The van der Waals surface area contributed by atoms with Gasteiger partial charge in [-0.05, 0) is 53.2 Å². The first kappa shape index (κ1) is 22.0. The maximum absolute atomic E-state index is 13.3. The van der Waals surface area contributed by atoms with E-state index in [1.54, 1.807) is 24.0 Å². The van der Waals surface area contributed by atoms with E-state index in [-0.39, 0.29) is 41.5 Å². The molecular weight excluding hydrogens is 334 g/mol. The predicted molar refractivity (Wildman–Crippen MR) is 101 cm³/mol. The van der Waals surface area contributed by atoms with Crippen LogP contribution in [-0.2, 0) is 0 Å². The van der Waals surface area contributed by atoms with Gasteiger partial charge in [0.15, 0.2) is 17.3 Å². The zero-order valence-electron chi connectivity index (χ0n) is 16.8. The summed E-state index contributed by atoms with van der Waals surface area (Å²) in [5.41, 5.74) is 0.504. The molecule has 1 rings (SSSR count). The number of Topliss-reactive ketones (excluding diaryl/α,β-unsaturated/α-hetero) is 1. The van der Waals surface area contributed by atoms with Gasteiger partial charge in [-0.25, -0.2) is 0 Å². The number of nitrogens with zero attached hydrogens (tertiary/aromatic N) is 1. The Hall–Kier alpha value is -2.08. The Balaban J connectivity index is 3.53. The zero-order valence-corrected chi connectivity index (χ0v) is 16.8. The Labute approximate surface area is 156 Å². The van der Waals surface area contributed by atoms with Crippen LogP contribution in [-0.4, -0.2) is 54.1 Å². The minimum absolute atomic E-state index is 0.0428. The van der Waals surface area contributed by atoms with Crippen LogP contribution in [0, 0.1) is 0 Å². The van der Waals surface area contributed by atoms with Gasteiger partial charge in [-0.3, -0.25) is 9.59 Å². The van der Waals surface area contributed by atoms with E-state index in [0.29, 0.717) is 17.7 Å². The number of carbonyl (C=O) groups is 2. The maximum Gasteiger partial charge on any atom is 0.258 e. The molecule has 0 spiro atoms. The second-order valence-corrected chi connectivity index (χ2v) is 6.93. The molecule has 1 aromatic rings. The third kappa shape index (κ3) is 4.97. The number of aliphatic hydroxyl groups excluding tert-OH is 1. The smallest absolute Gasteiger partial charge is 0.258 e. The summed E-state index contributed by atoms with van der Waals surface area (Å²) in [7, 11) is 2.94. The van der Waals surface area contributed by atoms with E-state index < -0.39 is 6.10 Å². The molecule has 1 N–H and O–H groups in total. The van der Waals surface area contributed by atoms with Crippen molar-refractivity contribution in [1.29, 1.82) is 0 Å². The molecule has 26 heavy (non-hydrogen) atoms. The van der Waals surface area contributed by atoms with Crippen LogP contribution < -0.4 is 9.47 Å². The van der Waals surface area contributed by atoms with Crippen LogP contribution in [0.3, 0.4) is 0 Å². The van der Waals surface area contributed by atoms with Gasteiger partial charge >= 0.3 is 0 Å². The Morgan fingerprint density at radius 1 is 1.04 bits per heavy atom. The first-order chi connectivity index (χ1) is 12.1. The summed E-state index contributed by atoms with van der Waals surface area (Å²) in [4.78, 5) is 27.8. The fraction of sp³-hybridized carbons (Fsp3) is 0.600. The maximum atomic E-state index is 13.3. The molecule has 0 aliphatic rings. The van der Waals surface area contributed by atoms with Crippen molar-refractivity contribution in [3.63, 3.8) is 0 Å². The van der Waals surface area contributed by atoms with Gasteiger partial charge in [-0.1, -0.05) is 0 Å². The molecule has 1 atom stereocenters. The predicted octanol–water partition coefficient (Wildman–Crippen LogP) is 3.31. The number of ether oxygens (including phenoxy) is 2. The van der Waals surface area contributed by atoms with Gasteiger partial charge in [-0.15, -0.1) is 0 Å². The summed E-state index contributed by atoms with van der Waals surface area (Å²) >= 11 is 0. The summed E-state index contributed by atoms with van der Waals surface area (Å²) in [5.74, 6) is 0.177. The van der Waals surface area contributed by atoms with Crippen molar-refractivity contribution in [2.75, 3.05) is 14.2 Å². The van der Waals surface area contributed by atoms with Crippen molar-refractivity contribution >= 4 is 11.7 Å². The number of benzene rings is 1. The van der Waals surface area contributed by atoms with Gasteiger partial charge in [0.25, 0.3) is 5.91 Å². The van der Waals surface area contributed by atoms with E-state index >= 15 is 0 Å². The lowest BCUT2D eigenvalue weighted by molar-refractivity contribution is 0.0635. The second-order valence-electron chi connectivity index (χ2n) is 6.93. The Kier molecular flexibility index (Phi) is 8.08. The number of hydrogen-bond acceptors (Lipinski definition) is 5. The molecule has 0 saturated heterocycles. The largest absolute Gasteiger partial charge is 0.493 e. The molecule has 0 heterocycles. The number of carbonyl (C=O) groups excluding carboxylic acids is 2. The number of amides is 1. The molecule has 1 aromatic carbocycles. The molecule has 146 valence electrons. The van der Waals surface area contributed by atoms with Crippen molar-refractivity contribution in [2.45, 2.75) is 65.6 Å². The average molecular weight is 365 g/mol. The molecule has 0 bridgehead atoms. The van der Waals surface area contributed by atoms with E-state index in [9.17, 15) is 14.7 Å². The highest BCUT2D eigenvalue weighted by atomic mass is 16.5. The zero-order chi connectivity index (χ0) is 20.0. The lowest BCUT2D eigenvalue weighted by atomic mass is 9.96. The second kappa shape index (κ2) is 9.57. The Morgan fingerprint density at radius 3 is 2.04 bits per heavy atom. The minimum atomic E-state index is -0.582. The quantitative estimate of drug-likeness (QED) is 0.680. The fourth-order valence-electron chi connectivity index (χ4n) is 3.04. The van der Waals surface area contributed by atoms with Crippen LogP contribution in [0.25, 0.3) is 0 Å². The number of hydrogen-bond donors (Lipinski definition) is 1. The Morgan fingerprint density at radius 2 is 1.62 bits per heavy atom. The van der Waals surface area contributed by atoms with Crippen LogP contribution >= 0.6 is 0 Å². The van der Waals surface area contributed by atoms with Gasteiger partial charge in [-0.2, -0.15) is 0 Å². The lowest BCUT2D eigenvalue weighted by Gasteiger charge is -2.32. The molecule has 0 aromatic heterocycles. The van der Waals surface area contributed by atoms with Crippen molar-refractivity contribution in [3.8, 4) is 11.5 Å². The standard InChI is InChI=1S/C20H31NO5/c1-12(2)21(13(3)4)20(24)18-15(16(23)10-8-14(5)22)9-11-17(25-6)19(18)26-7/h9,11-14,22H,8,10H2,1-7H3. The van der Waals surface area contributed by atoms with Gasteiger partial charge in [0.1, 0.15) is 0 Å². The van der Waals surface area contributed by atoms with Gasteiger partial charge < -0.3 is 19.5 Å². The number of rotatable bonds is 9. The van der Waals surface area contributed by atoms with Crippen molar-refractivity contribution in [3.05, 3.63) is 23.3 Å². The fourth-order valence-corrected chi connectivity index (χ4v) is 3.04. The molecule has 1 amide bonds. The van der Waals surface area contributed by atoms with Crippen LogP contribution in [0.2, 0.25) is 0 Å². The molecule has 1 unspecified atom stereocenters. The Bertz CT molecular complexity index is 629. The van der Waals surface area contributed by atoms with E-state index in [2.05, 4.69) is 0 Å². The first-order valence-electron chi connectivity index (χ1n) is 8.94. The topological polar surface area (TPSA) is 76.1 Å². The van der Waals surface area contributed by atoms with Gasteiger partial charge in [0.2, 0.25) is 0 Å². The molecule has 0 saturated carbocycles. The summed E-state index contributed by atoms with van der Waals surface area (Å²) < 4.78 is 10.8. The summed E-state index contributed by atoms with van der Waals surface area (Å²) in [6.07, 6.45) is -0.101. The monoisotopic (exact) mass is 365 g/mol. The normalized spacial score (nSPS) is 12.2. The van der Waals surface area contributed by atoms with E-state index in [4.69, 9.17) is 9.47 Å². The highest BCUT2D eigenvalue weighted by Crippen LogP contribution is 2.35. The number of ketones is 1. The van der Waals surface area contributed by atoms with Crippen LogP contribution in [0.4, 0.5) is 0 Å². The van der Waals surface area contributed by atoms with Crippen LogP contribution in [0.15, 0.2) is 12.1 Å². The molecule has 0 fully saturated rings. The van der Waals surface area contributed by atoms with Gasteiger partial charge in [0.05, 0.1) is 25.9 Å². The van der Waals surface area contributed by atoms with Crippen molar-refractivity contribution < 1.29 is 24.2 Å². The molecule has 0 aliphatic carbocycles. The summed E-state index contributed by atoms with van der Waals surface area (Å²) in [6.45, 7) is 9.35. The molecule has 6 nitrogen and oxygen atoms in total. The SMILES string of the molecule is COc1ccc(C(=O)CCC(C)O)c(C(=O)N(C(C)C)C(C)C)c1OC. The van der Waals surface area contributed by atoms with E-state index in [1.165, 1.54) is 14.2 Å². The minimum Gasteiger partial charge on any atom is -0.493 e. The van der Waals surface area contributed by atoms with Crippen molar-refractivity contribution in [2.24, 2.45) is 0 Å². The molecular formula is C20H31NO5. The van der Waals surface area contributed by atoms with Crippen LogP contribution in [0.1, 0.15) is 68.2 Å². The average Bonchev–Trinajstić information content (AvgIpc) is 2.57. The van der Waals surface area contributed by atoms with Crippen LogP contribution in [0.5, 0.6) is 11.5 Å². The third-order valence-electron chi connectivity index (χ3n) is 4.20. The van der Waals surface area contributed by atoms with Gasteiger partial charge in [0, 0.05) is 24.1 Å². The van der Waals surface area contributed by atoms with E-state index in [0.717, 1.165) is 0 Å². The lowest BCUT2D eigenvalue weighted by Crippen LogP contribution is -2.42. The molecule has 6 heteroatoms. The highest BCUT2D eigenvalue weighted by molar-refractivity contribution is 6.10. The summed E-state index contributed by atoms with van der Waals surface area (Å²) in [5, 5.41) is 9.47. The number of aliphatic hydroxyl groups is 1. The van der Waals surface area contributed by atoms with E-state index in [1.807, 2.05) is 27.7 Å². The first-order valence-corrected chi connectivity index (χ1v) is 8.94.